The van der Waals surface area contributed by atoms with E-state index < -0.39 is 5.91 Å². The Morgan fingerprint density at radius 3 is 2.81 bits per heavy atom. The summed E-state index contributed by atoms with van der Waals surface area (Å²) in [6.45, 7) is 0. The average Bonchev–Trinajstić information content (AvgIpc) is 3.09. The largest absolute Gasteiger partial charge is 0.365 e. The van der Waals surface area contributed by atoms with E-state index in [-0.39, 0.29) is 11.4 Å². The minimum absolute atomic E-state index is 0.0867. The van der Waals surface area contributed by atoms with Crippen LogP contribution in [0.15, 0.2) is 24.3 Å². The monoisotopic (exact) mass is 285 g/mol. The van der Waals surface area contributed by atoms with E-state index in [1.165, 1.54) is 12.1 Å². The van der Waals surface area contributed by atoms with Crippen LogP contribution in [0.2, 0.25) is 0 Å². The first-order valence-corrected chi connectivity index (χ1v) is 7.29. The second kappa shape index (κ2) is 4.16. The number of fused-ring (bicyclic) bond motifs is 2. The fraction of sp³-hybridized carbons (Fsp3) is 0.375. The van der Waals surface area contributed by atoms with Crippen molar-refractivity contribution in [1.29, 1.82) is 0 Å². The maximum Gasteiger partial charge on any atom is 0.252 e. The molecule has 1 aliphatic heterocycles. The molecule has 0 saturated heterocycles. The van der Waals surface area contributed by atoms with Gasteiger partial charge in [0, 0.05) is 5.56 Å². The maximum absolute atomic E-state index is 13.5. The van der Waals surface area contributed by atoms with Crippen LogP contribution in [0.5, 0.6) is 0 Å². The summed E-state index contributed by atoms with van der Waals surface area (Å²) in [5.74, 6) is -0.816. The number of rotatable bonds is 2. The summed E-state index contributed by atoms with van der Waals surface area (Å²) in [5.41, 5.74) is 8.19. The highest BCUT2D eigenvalue weighted by Crippen LogP contribution is 2.51. The molecule has 1 aromatic carbocycles. The van der Waals surface area contributed by atoms with Crippen molar-refractivity contribution in [2.45, 2.75) is 37.6 Å². The smallest absolute Gasteiger partial charge is 0.252 e. The minimum Gasteiger partial charge on any atom is -0.365 e. The number of primary amides is 1. The lowest BCUT2D eigenvalue weighted by atomic mass is 9.97. The van der Waals surface area contributed by atoms with Crippen LogP contribution in [0.25, 0.3) is 11.3 Å². The van der Waals surface area contributed by atoms with Crippen LogP contribution < -0.4 is 5.73 Å². The van der Waals surface area contributed by atoms with Crippen molar-refractivity contribution in [3.8, 4) is 11.3 Å². The van der Waals surface area contributed by atoms with Gasteiger partial charge >= 0.3 is 0 Å². The summed E-state index contributed by atoms with van der Waals surface area (Å²) in [4.78, 5) is 11.9. The summed E-state index contributed by atoms with van der Waals surface area (Å²) in [7, 11) is 0. The van der Waals surface area contributed by atoms with Gasteiger partial charge in [-0.15, -0.1) is 0 Å². The lowest BCUT2D eigenvalue weighted by Gasteiger charge is -2.24. The van der Waals surface area contributed by atoms with Gasteiger partial charge < -0.3 is 5.73 Å². The molecule has 5 heteroatoms. The van der Waals surface area contributed by atoms with Gasteiger partial charge in [0.05, 0.1) is 16.8 Å². The first kappa shape index (κ1) is 12.6. The third kappa shape index (κ3) is 1.80. The van der Waals surface area contributed by atoms with Crippen molar-refractivity contribution >= 4 is 5.91 Å². The van der Waals surface area contributed by atoms with E-state index in [9.17, 15) is 9.18 Å². The van der Waals surface area contributed by atoms with E-state index in [0.717, 1.165) is 37.8 Å². The zero-order chi connectivity index (χ0) is 14.6. The third-order valence-corrected chi connectivity index (χ3v) is 4.66. The van der Waals surface area contributed by atoms with Crippen molar-refractivity contribution in [3.05, 3.63) is 41.3 Å². The Morgan fingerprint density at radius 2 is 2.14 bits per heavy atom. The van der Waals surface area contributed by atoms with E-state index in [1.807, 2.05) is 4.68 Å². The number of aromatic nitrogens is 2. The molecule has 2 N–H and O–H groups in total. The van der Waals surface area contributed by atoms with Gasteiger partial charge in [-0.25, -0.2) is 4.39 Å². The van der Waals surface area contributed by atoms with Gasteiger partial charge in [-0.05, 0) is 44.2 Å². The topological polar surface area (TPSA) is 60.9 Å². The zero-order valence-electron chi connectivity index (χ0n) is 11.6. The molecule has 4 nitrogen and oxygen atoms in total. The fourth-order valence-corrected chi connectivity index (χ4v) is 3.47. The number of nitrogens with two attached hydrogens (primary N) is 1. The zero-order valence-corrected chi connectivity index (χ0v) is 11.6. The number of nitrogens with zero attached hydrogens (tertiary/aromatic N) is 2. The Balaban J connectivity index is 1.95. The van der Waals surface area contributed by atoms with Crippen LogP contribution >= 0.6 is 0 Å². The van der Waals surface area contributed by atoms with E-state index in [2.05, 4.69) is 5.10 Å². The van der Waals surface area contributed by atoms with E-state index in [4.69, 9.17) is 5.73 Å². The predicted molar refractivity (Wildman–Crippen MR) is 76.3 cm³/mol. The molecule has 1 fully saturated rings. The lowest BCUT2D eigenvalue weighted by molar-refractivity contribution is 0.0999. The molecule has 1 spiro atoms. The highest BCUT2D eigenvalue weighted by Gasteiger charge is 2.49. The van der Waals surface area contributed by atoms with E-state index in [0.29, 0.717) is 16.8 Å². The molecule has 1 aromatic heterocycles. The van der Waals surface area contributed by atoms with Gasteiger partial charge in [0.1, 0.15) is 11.5 Å². The standard InChI is InChI=1S/C16H16FN3O/c17-11-4-1-3-10(9-11)14-13(15(18)21)12-5-2-6-16(7-8-16)20(12)19-14/h1,3-4,9H,2,5-8H2,(H2,18,21). The predicted octanol–water partition coefficient (Wildman–Crippen LogP) is 2.61. The fourth-order valence-electron chi connectivity index (χ4n) is 3.47. The number of carbonyl (C=O) groups excluding carboxylic acids is 1. The van der Waals surface area contributed by atoms with Crippen LogP contribution in [-0.4, -0.2) is 15.7 Å². The highest BCUT2D eigenvalue weighted by molar-refractivity contribution is 6.00. The van der Waals surface area contributed by atoms with Crippen LogP contribution in [0.3, 0.4) is 0 Å². The Hall–Kier alpha value is -2.17. The number of hydrogen-bond acceptors (Lipinski definition) is 2. The first-order chi connectivity index (χ1) is 10.1. The van der Waals surface area contributed by atoms with Gasteiger partial charge in [-0.1, -0.05) is 12.1 Å². The van der Waals surface area contributed by atoms with Gasteiger partial charge in [0.15, 0.2) is 0 Å². The quantitative estimate of drug-likeness (QED) is 0.922. The van der Waals surface area contributed by atoms with E-state index >= 15 is 0 Å². The SMILES string of the molecule is NC(=O)c1c(-c2cccc(F)c2)nn2c1CCCC21CC1. The van der Waals surface area contributed by atoms with Gasteiger partial charge in [-0.2, -0.15) is 5.10 Å². The number of hydrogen-bond donors (Lipinski definition) is 1. The molecule has 2 aromatic rings. The Kier molecular flexibility index (Phi) is 2.49. The lowest BCUT2D eigenvalue weighted by Crippen LogP contribution is -2.27. The summed E-state index contributed by atoms with van der Waals surface area (Å²) in [6, 6.07) is 6.18. The molecular formula is C16H16FN3O. The Morgan fingerprint density at radius 1 is 1.33 bits per heavy atom. The molecule has 1 amide bonds. The number of halogens is 1. The van der Waals surface area contributed by atoms with Crippen molar-refractivity contribution in [1.82, 2.24) is 9.78 Å². The van der Waals surface area contributed by atoms with E-state index in [1.54, 1.807) is 12.1 Å². The van der Waals surface area contributed by atoms with Gasteiger partial charge in [-0.3, -0.25) is 9.48 Å². The Bertz CT molecular complexity index is 746. The molecule has 0 atom stereocenters. The summed E-state index contributed by atoms with van der Waals surface area (Å²) in [6.07, 6.45) is 5.16. The van der Waals surface area contributed by atoms with Crippen molar-refractivity contribution in [2.24, 2.45) is 5.73 Å². The molecule has 108 valence electrons. The first-order valence-electron chi connectivity index (χ1n) is 7.29. The molecular weight excluding hydrogens is 269 g/mol. The second-order valence-corrected chi connectivity index (χ2v) is 6.03. The van der Waals surface area contributed by atoms with Crippen molar-refractivity contribution < 1.29 is 9.18 Å². The van der Waals surface area contributed by atoms with Crippen LogP contribution in [0.4, 0.5) is 4.39 Å². The molecule has 0 unspecified atom stereocenters. The molecule has 2 aliphatic rings. The van der Waals surface area contributed by atoms with Crippen molar-refractivity contribution in [3.63, 3.8) is 0 Å². The Labute approximate surface area is 121 Å². The van der Waals surface area contributed by atoms with Gasteiger partial charge in [0.25, 0.3) is 5.91 Å². The average molecular weight is 285 g/mol. The maximum atomic E-state index is 13.5. The normalized spacial score (nSPS) is 18.5. The molecule has 4 rings (SSSR count). The minimum atomic E-state index is -0.479. The molecule has 21 heavy (non-hydrogen) atoms. The molecule has 0 bridgehead atoms. The summed E-state index contributed by atoms with van der Waals surface area (Å²) in [5, 5.41) is 4.65. The summed E-state index contributed by atoms with van der Waals surface area (Å²) >= 11 is 0. The molecule has 0 radical (unpaired) electrons. The van der Waals surface area contributed by atoms with Crippen LogP contribution in [-0.2, 0) is 12.0 Å². The van der Waals surface area contributed by atoms with Crippen LogP contribution in [0, 0.1) is 5.82 Å². The number of carbonyl (C=O) groups is 1. The molecule has 1 aliphatic carbocycles. The summed E-state index contributed by atoms with van der Waals surface area (Å²) < 4.78 is 15.5. The number of benzene rings is 1. The number of amides is 1. The second-order valence-electron chi connectivity index (χ2n) is 6.03. The molecule has 1 saturated carbocycles. The van der Waals surface area contributed by atoms with Crippen LogP contribution in [0.1, 0.15) is 41.7 Å². The molecule has 2 heterocycles. The van der Waals surface area contributed by atoms with Gasteiger partial charge in [0.2, 0.25) is 0 Å². The third-order valence-electron chi connectivity index (χ3n) is 4.66. The van der Waals surface area contributed by atoms with Crippen molar-refractivity contribution in [2.75, 3.05) is 0 Å². The highest BCUT2D eigenvalue weighted by atomic mass is 19.1.